The number of rotatable bonds is 2. The average Bonchev–Trinajstić information content (AvgIpc) is 3.01. The molecule has 1 N–H and O–H groups in total. The van der Waals surface area contributed by atoms with Crippen molar-refractivity contribution in [2.24, 2.45) is 0 Å². The van der Waals surface area contributed by atoms with Crippen LogP contribution in [0.2, 0.25) is 0 Å². The summed E-state index contributed by atoms with van der Waals surface area (Å²) in [6.07, 6.45) is 3.65. The van der Waals surface area contributed by atoms with E-state index < -0.39 is 11.0 Å². The lowest BCUT2D eigenvalue weighted by molar-refractivity contribution is 0.549. The summed E-state index contributed by atoms with van der Waals surface area (Å²) >= 11 is 3.57. The van der Waals surface area contributed by atoms with E-state index in [9.17, 15) is 4.21 Å². The largest absolute Gasteiger partial charge is 0.242 e. The Bertz CT molecular complexity index is 546. The molecule has 4 heteroatoms. The molecular formula is C15H20BrNOS. The van der Waals surface area contributed by atoms with Crippen molar-refractivity contribution < 1.29 is 4.21 Å². The van der Waals surface area contributed by atoms with Gasteiger partial charge in [0.15, 0.2) is 0 Å². The van der Waals surface area contributed by atoms with Crippen molar-refractivity contribution in [2.45, 2.75) is 56.2 Å². The highest BCUT2D eigenvalue weighted by Gasteiger charge is 2.52. The molecule has 0 bridgehead atoms. The first-order valence-electron chi connectivity index (χ1n) is 6.80. The molecule has 104 valence electrons. The van der Waals surface area contributed by atoms with Crippen molar-refractivity contribution in [2.75, 3.05) is 0 Å². The van der Waals surface area contributed by atoms with Crippen LogP contribution in [-0.4, -0.2) is 8.96 Å². The lowest BCUT2D eigenvalue weighted by atomic mass is 9.99. The molecule has 0 radical (unpaired) electrons. The molecule has 2 aliphatic carbocycles. The zero-order valence-electron chi connectivity index (χ0n) is 11.6. The maximum Gasteiger partial charge on any atom is 0.0975 e. The van der Waals surface area contributed by atoms with Crippen molar-refractivity contribution in [1.29, 1.82) is 0 Å². The highest BCUT2D eigenvalue weighted by molar-refractivity contribution is 9.10. The van der Waals surface area contributed by atoms with Crippen molar-refractivity contribution >= 4 is 26.9 Å². The summed E-state index contributed by atoms with van der Waals surface area (Å²) in [4.78, 5) is 0. The monoisotopic (exact) mass is 341 g/mol. The second kappa shape index (κ2) is 4.40. The average molecular weight is 342 g/mol. The minimum Gasteiger partial charge on any atom is -0.242 e. The summed E-state index contributed by atoms with van der Waals surface area (Å²) in [5, 5.41) is 0. The first kappa shape index (κ1) is 13.8. The van der Waals surface area contributed by atoms with Gasteiger partial charge in [-0.15, -0.1) is 0 Å². The maximum absolute atomic E-state index is 12.3. The van der Waals surface area contributed by atoms with Crippen LogP contribution in [0.15, 0.2) is 22.7 Å². The first-order chi connectivity index (χ1) is 8.82. The first-order valence-corrected chi connectivity index (χ1v) is 8.74. The topological polar surface area (TPSA) is 29.1 Å². The molecule has 19 heavy (non-hydrogen) atoms. The van der Waals surface area contributed by atoms with Gasteiger partial charge in [-0.3, -0.25) is 0 Å². The summed E-state index contributed by atoms with van der Waals surface area (Å²) in [5.41, 5.74) is 3.18. The number of hydrogen-bond donors (Lipinski definition) is 1. The molecule has 0 amide bonds. The van der Waals surface area contributed by atoms with Gasteiger partial charge in [0.1, 0.15) is 0 Å². The Morgan fingerprint density at radius 2 is 2.05 bits per heavy atom. The van der Waals surface area contributed by atoms with E-state index in [0.29, 0.717) is 5.41 Å². The summed E-state index contributed by atoms with van der Waals surface area (Å²) in [7, 11) is -1.01. The van der Waals surface area contributed by atoms with Crippen LogP contribution in [-0.2, 0) is 16.4 Å². The van der Waals surface area contributed by atoms with E-state index in [2.05, 4.69) is 38.9 Å². The van der Waals surface area contributed by atoms with Crippen LogP contribution in [0.25, 0.3) is 0 Å². The van der Waals surface area contributed by atoms with E-state index >= 15 is 0 Å². The summed E-state index contributed by atoms with van der Waals surface area (Å²) in [6, 6.07) is 6.77. The predicted octanol–water partition coefficient (Wildman–Crippen LogP) is 3.98. The number of fused-ring (bicyclic) bond motifs is 2. The molecule has 2 aliphatic rings. The third-order valence-electron chi connectivity index (χ3n) is 4.22. The van der Waals surface area contributed by atoms with E-state index in [1.54, 1.807) is 0 Å². The fraction of sp³-hybridized carbons (Fsp3) is 0.600. The molecule has 1 aromatic carbocycles. The van der Waals surface area contributed by atoms with Gasteiger partial charge in [-0.25, -0.2) is 8.93 Å². The molecule has 0 saturated heterocycles. The second-order valence-electron chi connectivity index (χ2n) is 6.77. The molecule has 1 fully saturated rings. The molecule has 0 heterocycles. The maximum atomic E-state index is 12.3. The van der Waals surface area contributed by atoms with Gasteiger partial charge in [0, 0.05) is 10.5 Å². The minimum atomic E-state index is -1.01. The number of nitrogens with one attached hydrogen (secondary N) is 1. The highest BCUT2D eigenvalue weighted by atomic mass is 79.9. The number of hydrogen-bond acceptors (Lipinski definition) is 1. The highest BCUT2D eigenvalue weighted by Crippen LogP contribution is 2.60. The van der Waals surface area contributed by atoms with E-state index in [1.807, 2.05) is 20.8 Å². The van der Waals surface area contributed by atoms with Gasteiger partial charge in [0.2, 0.25) is 0 Å². The van der Waals surface area contributed by atoms with Crippen LogP contribution in [0.5, 0.6) is 0 Å². The third kappa shape index (κ3) is 2.43. The van der Waals surface area contributed by atoms with Gasteiger partial charge in [0.25, 0.3) is 0 Å². The molecule has 0 aliphatic heterocycles. The fourth-order valence-corrected chi connectivity index (χ4v) is 4.12. The van der Waals surface area contributed by atoms with Gasteiger partial charge in [-0.05, 0) is 68.7 Å². The van der Waals surface area contributed by atoms with Crippen molar-refractivity contribution in [3.8, 4) is 0 Å². The normalized spacial score (nSPS) is 25.4. The molecule has 2 atom stereocenters. The summed E-state index contributed by atoms with van der Waals surface area (Å²) in [5.74, 6) is 0. The standard InChI is InChI=1S/C15H20BrNOS/c1-14(2,3)19(18)17-13-9-15(6-7-15)12-8-10(16)4-5-11(12)13/h4-5,8,13,17H,6-7,9H2,1-3H3. The van der Waals surface area contributed by atoms with Gasteiger partial charge in [-0.1, -0.05) is 22.0 Å². The smallest absolute Gasteiger partial charge is 0.0975 e. The van der Waals surface area contributed by atoms with Gasteiger partial charge in [0.05, 0.1) is 15.7 Å². The number of halogens is 1. The van der Waals surface area contributed by atoms with Gasteiger partial charge >= 0.3 is 0 Å². The van der Waals surface area contributed by atoms with E-state index in [1.165, 1.54) is 24.0 Å². The Balaban J connectivity index is 1.89. The molecule has 2 nitrogen and oxygen atoms in total. The van der Waals surface area contributed by atoms with E-state index in [0.717, 1.165) is 10.9 Å². The van der Waals surface area contributed by atoms with Crippen LogP contribution in [0.3, 0.4) is 0 Å². The molecule has 0 aromatic heterocycles. The lowest BCUT2D eigenvalue weighted by Crippen LogP contribution is -2.35. The lowest BCUT2D eigenvalue weighted by Gasteiger charge is -2.22. The van der Waals surface area contributed by atoms with E-state index in [-0.39, 0.29) is 10.8 Å². The Labute approximate surface area is 126 Å². The molecule has 1 saturated carbocycles. The molecule has 3 rings (SSSR count). The molecule has 1 aromatic rings. The van der Waals surface area contributed by atoms with Crippen LogP contribution in [0, 0.1) is 0 Å². The van der Waals surface area contributed by atoms with Crippen LogP contribution in [0.4, 0.5) is 0 Å². The molecule has 2 unspecified atom stereocenters. The van der Waals surface area contributed by atoms with Crippen molar-refractivity contribution in [3.63, 3.8) is 0 Å². The molecular weight excluding hydrogens is 322 g/mol. The van der Waals surface area contributed by atoms with Gasteiger partial charge in [-0.2, -0.15) is 0 Å². The summed E-state index contributed by atoms with van der Waals surface area (Å²) < 4.78 is 16.6. The second-order valence-corrected chi connectivity index (χ2v) is 9.68. The van der Waals surface area contributed by atoms with Gasteiger partial charge < -0.3 is 0 Å². The Morgan fingerprint density at radius 1 is 1.37 bits per heavy atom. The Morgan fingerprint density at radius 3 is 2.63 bits per heavy atom. The Kier molecular flexibility index (Phi) is 3.19. The third-order valence-corrected chi connectivity index (χ3v) is 6.32. The Hall–Kier alpha value is -0.190. The predicted molar refractivity (Wildman–Crippen MR) is 83.4 cm³/mol. The minimum absolute atomic E-state index is 0.213. The molecule has 1 spiro atoms. The summed E-state index contributed by atoms with van der Waals surface area (Å²) in [6.45, 7) is 6.04. The van der Waals surface area contributed by atoms with Crippen LogP contribution in [0.1, 0.15) is 57.2 Å². The SMILES string of the molecule is CC(C)(C)S(=O)NC1CC2(CC2)c2cc(Br)ccc21. The van der Waals surface area contributed by atoms with E-state index in [4.69, 9.17) is 0 Å². The van der Waals surface area contributed by atoms with Crippen molar-refractivity contribution in [3.05, 3.63) is 33.8 Å². The quantitative estimate of drug-likeness (QED) is 0.866. The fourth-order valence-electron chi connectivity index (χ4n) is 2.94. The number of benzene rings is 1. The van der Waals surface area contributed by atoms with Crippen molar-refractivity contribution in [1.82, 2.24) is 4.72 Å². The van der Waals surface area contributed by atoms with Crippen LogP contribution >= 0.6 is 15.9 Å². The van der Waals surface area contributed by atoms with Crippen LogP contribution < -0.4 is 4.72 Å². The zero-order chi connectivity index (χ0) is 13.8. The zero-order valence-corrected chi connectivity index (χ0v) is 14.0.